The van der Waals surface area contributed by atoms with Gasteiger partial charge in [0.15, 0.2) is 0 Å². The maximum absolute atomic E-state index is 12.1. The molecule has 31 heavy (non-hydrogen) atoms. The first kappa shape index (κ1) is 23.3. The number of hydrogen-bond donors (Lipinski definition) is 7. The third-order valence-electron chi connectivity index (χ3n) is 5.72. The predicted octanol–water partition coefficient (Wildman–Crippen LogP) is -1.72. The molecule has 12 heteroatoms. The second-order valence-electron chi connectivity index (χ2n) is 8.50. The van der Waals surface area contributed by atoms with E-state index in [0.717, 1.165) is 0 Å². The van der Waals surface area contributed by atoms with Crippen LogP contribution in [0.1, 0.15) is 35.2 Å². The first-order valence-electron chi connectivity index (χ1n) is 10.2. The topological polar surface area (TPSA) is 192 Å². The molecule has 1 aliphatic heterocycles. The molecule has 0 aromatic heterocycles. The Morgan fingerprint density at radius 3 is 2.58 bits per heavy atom. The Hall–Kier alpha value is -2.38. The molecule has 1 aliphatic carbocycles. The van der Waals surface area contributed by atoms with Crippen molar-refractivity contribution in [2.24, 2.45) is 11.5 Å². The van der Waals surface area contributed by atoms with Crippen LogP contribution < -0.4 is 21.5 Å². The van der Waals surface area contributed by atoms with Crippen molar-refractivity contribution in [2.45, 2.75) is 36.7 Å². The number of aromatic carboxylic acids is 1. The van der Waals surface area contributed by atoms with Crippen LogP contribution in [0.25, 0.3) is 0 Å². The molecular formula is C19H29BN4O7. The number of nitrogens with two attached hydrogens (primary N) is 2. The van der Waals surface area contributed by atoms with Crippen molar-refractivity contribution < 1.29 is 34.6 Å². The van der Waals surface area contributed by atoms with Crippen molar-refractivity contribution in [2.75, 3.05) is 32.7 Å². The normalized spacial score (nSPS) is 22.9. The summed E-state index contributed by atoms with van der Waals surface area (Å²) in [4.78, 5) is 25.8. The van der Waals surface area contributed by atoms with Crippen LogP contribution in [0, 0.1) is 0 Å². The van der Waals surface area contributed by atoms with Gasteiger partial charge in [-0.1, -0.05) is 6.07 Å². The summed E-state index contributed by atoms with van der Waals surface area (Å²) in [5, 5.41) is 41.3. The number of rotatable bonds is 10. The Kier molecular flexibility index (Phi) is 6.77. The number of amides is 1. The number of hydrogen-bond acceptors (Lipinski definition) is 9. The van der Waals surface area contributed by atoms with Gasteiger partial charge in [0.2, 0.25) is 5.91 Å². The Bertz CT molecular complexity index is 845. The highest BCUT2D eigenvalue weighted by atomic mass is 16.5. The van der Waals surface area contributed by atoms with Gasteiger partial charge in [-0.3, -0.25) is 9.69 Å². The summed E-state index contributed by atoms with van der Waals surface area (Å²) in [6.07, 6.45) is 0.137. The van der Waals surface area contributed by atoms with E-state index in [1.54, 1.807) is 13.0 Å². The van der Waals surface area contributed by atoms with Crippen LogP contribution in [-0.2, 0) is 4.79 Å². The number of nitrogens with zero attached hydrogens (tertiary/aromatic N) is 1. The molecule has 170 valence electrons. The fourth-order valence-corrected chi connectivity index (χ4v) is 3.92. The van der Waals surface area contributed by atoms with Gasteiger partial charge in [0.05, 0.1) is 0 Å². The van der Waals surface area contributed by atoms with Crippen LogP contribution in [0.3, 0.4) is 0 Å². The Labute approximate surface area is 180 Å². The van der Waals surface area contributed by atoms with Gasteiger partial charge < -0.3 is 41.8 Å². The summed E-state index contributed by atoms with van der Waals surface area (Å²) in [5.74, 6) is -2.75. The molecule has 1 saturated heterocycles. The predicted molar refractivity (Wildman–Crippen MR) is 112 cm³/mol. The third kappa shape index (κ3) is 5.10. The van der Waals surface area contributed by atoms with Crippen LogP contribution in [0.4, 0.5) is 0 Å². The zero-order chi connectivity index (χ0) is 22.9. The number of phenols is 1. The third-order valence-corrected chi connectivity index (χ3v) is 5.72. The summed E-state index contributed by atoms with van der Waals surface area (Å²) < 4.78 is 5.78. The van der Waals surface area contributed by atoms with Crippen LogP contribution in [0.5, 0.6) is 11.5 Å². The molecule has 2 fully saturated rings. The van der Waals surface area contributed by atoms with Gasteiger partial charge in [-0.15, -0.1) is 0 Å². The first-order chi connectivity index (χ1) is 14.5. The van der Waals surface area contributed by atoms with E-state index >= 15 is 0 Å². The lowest BCUT2D eigenvalue weighted by Gasteiger charge is -2.42. The van der Waals surface area contributed by atoms with Crippen molar-refractivity contribution in [1.29, 1.82) is 0 Å². The highest BCUT2D eigenvalue weighted by Gasteiger charge is 2.48. The van der Waals surface area contributed by atoms with Gasteiger partial charge in [0.25, 0.3) is 0 Å². The SMILES string of the molecule is C[C@](N)(CN1CC(Oc2ccc([C@@H]3C[C@@H]3B(O)O)c(O)c2C(=O)O)C1)C(=O)NCCN. The molecule has 0 unspecified atom stereocenters. The van der Waals surface area contributed by atoms with Crippen molar-refractivity contribution in [3.63, 3.8) is 0 Å². The molecule has 9 N–H and O–H groups in total. The lowest BCUT2D eigenvalue weighted by Crippen LogP contribution is -2.64. The molecule has 1 aromatic carbocycles. The molecule has 1 amide bonds. The molecule has 0 radical (unpaired) electrons. The van der Waals surface area contributed by atoms with Gasteiger partial charge in [0, 0.05) is 38.5 Å². The number of carbonyl (C=O) groups is 2. The fraction of sp³-hybridized carbons (Fsp3) is 0.579. The van der Waals surface area contributed by atoms with E-state index in [9.17, 15) is 29.9 Å². The van der Waals surface area contributed by atoms with Gasteiger partial charge in [-0.2, -0.15) is 0 Å². The maximum Gasteiger partial charge on any atom is 0.455 e. The largest absolute Gasteiger partial charge is 0.507 e. The minimum absolute atomic E-state index is 0.0383. The Morgan fingerprint density at radius 2 is 2.03 bits per heavy atom. The van der Waals surface area contributed by atoms with E-state index in [1.165, 1.54) is 6.07 Å². The molecule has 0 spiro atoms. The van der Waals surface area contributed by atoms with Crippen molar-refractivity contribution in [3.05, 3.63) is 23.3 Å². The summed E-state index contributed by atoms with van der Waals surface area (Å²) >= 11 is 0. The molecule has 1 heterocycles. The zero-order valence-electron chi connectivity index (χ0n) is 17.3. The lowest BCUT2D eigenvalue weighted by atomic mass is 9.81. The average molecular weight is 436 g/mol. The standard InChI is InChI=1S/C19H29BN4O7/c1-19(22,18(28)23-5-4-21)9-24-7-10(8-24)31-14-3-2-11(12-6-13(12)20(29)30)16(25)15(14)17(26)27/h2-3,10,12-13,25,29-30H,4-9,21-22H2,1H3,(H,23,28)(H,26,27)/t12-,13-,19-/m0/s1. The number of benzene rings is 1. The highest BCUT2D eigenvalue weighted by molar-refractivity contribution is 6.44. The van der Waals surface area contributed by atoms with Crippen LogP contribution in [-0.4, -0.2) is 88.5 Å². The second-order valence-corrected chi connectivity index (χ2v) is 8.50. The van der Waals surface area contributed by atoms with Crippen molar-refractivity contribution >= 4 is 19.0 Å². The monoisotopic (exact) mass is 436 g/mol. The molecule has 1 saturated carbocycles. The molecule has 1 aromatic rings. The number of aromatic hydroxyl groups is 1. The molecule has 11 nitrogen and oxygen atoms in total. The first-order valence-corrected chi connectivity index (χ1v) is 10.2. The number of nitrogens with one attached hydrogen (secondary N) is 1. The van der Waals surface area contributed by atoms with E-state index in [-0.39, 0.29) is 29.2 Å². The van der Waals surface area contributed by atoms with E-state index in [2.05, 4.69) is 5.32 Å². The summed E-state index contributed by atoms with van der Waals surface area (Å²) in [6.45, 7) is 3.47. The van der Waals surface area contributed by atoms with Gasteiger partial charge in [-0.25, -0.2) is 4.79 Å². The van der Waals surface area contributed by atoms with Crippen molar-refractivity contribution in [1.82, 2.24) is 10.2 Å². The van der Waals surface area contributed by atoms with E-state index < -0.39 is 30.2 Å². The Balaban J connectivity index is 1.61. The number of likely N-dealkylation sites (tertiary alicyclic amines) is 1. The summed E-state index contributed by atoms with van der Waals surface area (Å²) in [7, 11) is -1.51. The highest BCUT2D eigenvalue weighted by Crippen LogP contribution is 2.56. The number of carbonyl (C=O) groups excluding carboxylic acids is 1. The number of carboxylic acids is 1. The lowest BCUT2D eigenvalue weighted by molar-refractivity contribution is -0.127. The molecular weight excluding hydrogens is 407 g/mol. The van der Waals surface area contributed by atoms with Gasteiger partial charge in [0.1, 0.15) is 28.7 Å². The molecule has 3 rings (SSSR count). The quantitative estimate of drug-likeness (QED) is 0.208. The van der Waals surface area contributed by atoms with Gasteiger partial charge in [-0.05, 0) is 30.9 Å². The number of ether oxygens (including phenoxy) is 1. The van der Waals surface area contributed by atoms with Crippen molar-refractivity contribution in [3.8, 4) is 11.5 Å². The minimum Gasteiger partial charge on any atom is -0.507 e. The van der Waals surface area contributed by atoms with Crippen LogP contribution >= 0.6 is 0 Å². The van der Waals surface area contributed by atoms with Crippen LogP contribution in [0.2, 0.25) is 5.82 Å². The Morgan fingerprint density at radius 1 is 1.35 bits per heavy atom. The van der Waals surface area contributed by atoms with E-state index in [1.807, 2.05) is 4.90 Å². The fourth-order valence-electron chi connectivity index (χ4n) is 3.92. The van der Waals surface area contributed by atoms with Crippen LogP contribution in [0.15, 0.2) is 12.1 Å². The van der Waals surface area contributed by atoms with E-state index in [4.69, 9.17) is 16.2 Å². The van der Waals surface area contributed by atoms with Gasteiger partial charge >= 0.3 is 13.1 Å². The second kappa shape index (κ2) is 9.01. The smallest absolute Gasteiger partial charge is 0.455 e. The maximum atomic E-state index is 12.1. The summed E-state index contributed by atoms with van der Waals surface area (Å²) in [5.41, 5.74) is 10.4. The molecule has 2 aliphatic rings. The molecule has 3 atom stereocenters. The van der Waals surface area contributed by atoms with E-state index in [0.29, 0.717) is 44.7 Å². The minimum atomic E-state index is -1.51. The summed E-state index contributed by atoms with van der Waals surface area (Å²) in [6, 6.07) is 3.03. The average Bonchev–Trinajstić information content (AvgIpc) is 3.44. The number of carboxylic acid groups (broad SMARTS) is 1. The molecule has 0 bridgehead atoms. The zero-order valence-corrected chi connectivity index (χ0v) is 17.3.